The van der Waals surface area contributed by atoms with Crippen LogP contribution in [0.5, 0.6) is 0 Å². The van der Waals surface area contributed by atoms with E-state index in [1.54, 1.807) is 6.34 Å². The molecule has 1 heterocycles. The molecular formula is C14H30N4. The summed E-state index contributed by atoms with van der Waals surface area (Å²) < 4.78 is 0. The van der Waals surface area contributed by atoms with Crippen LogP contribution in [-0.4, -0.2) is 17.9 Å². The van der Waals surface area contributed by atoms with Gasteiger partial charge in [0, 0.05) is 6.54 Å². The lowest BCUT2D eigenvalue weighted by Gasteiger charge is -2.12. The normalized spacial score (nSPS) is 14.2. The van der Waals surface area contributed by atoms with E-state index in [1.165, 1.54) is 70.6 Å². The van der Waals surface area contributed by atoms with E-state index in [0.717, 1.165) is 6.54 Å². The summed E-state index contributed by atoms with van der Waals surface area (Å²) in [4.78, 5) is 0. The standard InChI is InChI=1S/C14H30N4/c1-2-3-4-5-6-7-8-9-10-11-12-13-18-14-15-16-17-18/h14,16-17H,2-13H2,1H3. The van der Waals surface area contributed by atoms with E-state index in [1.807, 2.05) is 5.01 Å². The van der Waals surface area contributed by atoms with Gasteiger partial charge in [-0.1, -0.05) is 71.1 Å². The first-order chi connectivity index (χ1) is 8.93. The number of hydrazone groups is 1. The van der Waals surface area contributed by atoms with Gasteiger partial charge in [-0.25, -0.2) is 5.53 Å². The van der Waals surface area contributed by atoms with E-state index < -0.39 is 0 Å². The van der Waals surface area contributed by atoms with Crippen molar-refractivity contribution in [3.63, 3.8) is 0 Å². The van der Waals surface area contributed by atoms with Gasteiger partial charge in [0.2, 0.25) is 0 Å². The maximum Gasteiger partial charge on any atom is 0.128 e. The van der Waals surface area contributed by atoms with Crippen molar-refractivity contribution in [1.29, 1.82) is 0 Å². The first-order valence-corrected chi connectivity index (χ1v) is 7.74. The Balaban J connectivity index is 1.69. The van der Waals surface area contributed by atoms with Crippen LogP contribution in [-0.2, 0) is 0 Å². The number of nitrogens with one attached hydrogen (secondary N) is 2. The molecule has 4 heteroatoms. The molecule has 0 fully saturated rings. The van der Waals surface area contributed by atoms with Crippen molar-refractivity contribution >= 4 is 6.34 Å². The maximum absolute atomic E-state index is 3.87. The van der Waals surface area contributed by atoms with Crippen LogP contribution in [0.1, 0.15) is 77.6 Å². The molecule has 1 rings (SSSR count). The van der Waals surface area contributed by atoms with Crippen molar-refractivity contribution in [2.45, 2.75) is 77.6 Å². The van der Waals surface area contributed by atoms with E-state index >= 15 is 0 Å². The average molecular weight is 254 g/mol. The second-order valence-electron chi connectivity index (χ2n) is 5.20. The van der Waals surface area contributed by atoms with Gasteiger partial charge >= 0.3 is 0 Å². The van der Waals surface area contributed by atoms with Crippen LogP contribution >= 0.6 is 0 Å². The molecule has 0 aromatic rings. The Labute approximate surface area is 112 Å². The molecular weight excluding hydrogens is 224 g/mol. The lowest BCUT2D eigenvalue weighted by atomic mass is 10.1. The summed E-state index contributed by atoms with van der Waals surface area (Å²) in [5.74, 6) is 0. The highest BCUT2D eigenvalue weighted by Gasteiger charge is 2.02. The Morgan fingerprint density at radius 1 is 0.833 bits per heavy atom. The van der Waals surface area contributed by atoms with Gasteiger partial charge in [0.15, 0.2) is 0 Å². The van der Waals surface area contributed by atoms with Crippen molar-refractivity contribution in [2.24, 2.45) is 5.10 Å². The fourth-order valence-electron chi connectivity index (χ4n) is 2.28. The number of rotatable bonds is 12. The van der Waals surface area contributed by atoms with E-state index in [2.05, 4.69) is 23.1 Å². The average Bonchev–Trinajstić information content (AvgIpc) is 2.89. The Bertz CT molecular complexity index is 206. The highest BCUT2D eigenvalue weighted by atomic mass is 15.8. The summed E-state index contributed by atoms with van der Waals surface area (Å²) in [6.07, 6.45) is 17.1. The van der Waals surface area contributed by atoms with Crippen molar-refractivity contribution in [3.8, 4) is 0 Å². The Morgan fingerprint density at radius 2 is 1.39 bits per heavy atom. The van der Waals surface area contributed by atoms with Crippen LogP contribution < -0.4 is 11.1 Å². The van der Waals surface area contributed by atoms with E-state index in [0.29, 0.717) is 0 Å². The quantitative estimate of drug-likeness (QED) is 0.523. The fraction of sp³-hybridized carbons (Fsp3) is 0.929. The third kappa shape index (κ3) is 8.34. The van der Waals surface area contributed by atoms with Gasteiger partial charge in [-0.3, -0.25) is 5.01 Å². The molecule has 2 N–H and O–H groups in total. The summed E-state index contributed by atoms with van der Waals surface area (Å²) in [5.41, 5.74) is 5.66. The van der Waals surface area contributed by atoms with Crippen LogP contribution in [0, 0.1) is 0 Å². The summed E-state index contributed by atoms with van der Waals surface area (Å²) in [7, 11) is 0. The van der Waals surface area contributed by atoms with E-state index in [9.17, 15) is 0 Å². The zero-order chi connectivity index (χ0) is 12.9. The molecule has 0 atom stereocenters. The first-order valence-electron chi connectivity index (χ1n) is 7.74. The molecule has 0 aliphatic carbocycles. The predicted molar refractivity (Wildman–Crippen MR) is 77.9 cm³/mol. The minimum absolute atomic E-state index is 1.05. The monoisotopic (exact) mass is 254 g/mol. The Hall–Kier alpha value is -0.770. The minimum Gasteiger partial charge on any atom is -0.278 e. The molecule has 0 radical (unpaired) electrons. The second kappa shape index (κ2) is 11.3. The third-order valence-corrected chi connectivity index (χ3v) is 3.46. The number of hydrogen-bond donors (Lipinski definition) is 2. The molecule has 0 saturated carbocycles. The zero-order valence-electron chi connectivity index (χ0n) is 12.0. The molecule has 0 aromatic carbocycles. The van der Waals surface area contributed by atoms with Gasteiger partial charge in [0.25, 0.3) is 0 Å². The molecule has 0 bridgehead atoms. The minimum atomic E-state index is 1.05. The fourth-order valence-corrected chi connectivity index (χ4v) is 2.28. The molecule has 1 aliphatic heterocycles. The third-order valence-electron chi connectivity index (χ3n) is 3.46. The van der Waals surface area contributed by atoms with Crippen LogP contribution in [0.3, 0.4) is 0 Å². The molecule has 0 saturated heterocycles. The van der Waals surface area contributed by atoms with Gasteiger partial charge in [-0.2, -0.15) is 5.10 Å². The Morgan fingerprint density at radius 3 is 1.89 bits per heavy atom. The van der Waals surface area contributed by atoms with Gasteiger partial charge in [-0.05, 0) is 6.42 Å². The van der Waals surface area contributed by atoms with Gasteiger partial charge in [0.05, 0.1) is 0 Å². The highest BCUT2D eigenvalue weighted by molar-refractivity contribution is 5.54. The largest absolute Gasteiger partial charge is 0.278 e. The summed E-state index contributed by atoms with van der Waals surface area (Å²) in [6, 6.07) is 0. The lowest BCUT2D eigenvalue weighted by Crippen LogP contribution is -2.37. The molecule has 0 aromatic heterocycles. The molecule has 0 spiro atoms. The van der Waals surface area contributed by atoms with Crippen LogP contribution in [0.15, 0.2) is 5.10 Å². The maximum atomic E-state index is 3.87. The highest BCUT2D eigenvalue weighted by Crippen LogP contribution is 2.11. The number of hydrazine groups is 2. The molecule has 106 valence electrons. The lowest BCUT2D eigenvalue weighted by molar-refractivity contribution is 0.293. The SMILES string of the molecule is CCCCCCCCCCCCCN1C=NNN1. The molecule has 1 aliphatic rings. The summed E-state index contributed by atoms with van der Waals surface area (Å²) in [5, 5.41) is 5.87. The van der Waals surface area contributed by atoms with Gasteiger partial charge in [0.1, 0.15) is 6.34 Å². The molecule has 0 amide bonds. The van der Waals surface area contributed by atoms with Gasteiger partial charge < -0.3 is 0 Å². The smallest absolute Gasteiger partial charge is 0.128 e. The number of hydrogen-bond acceptors (Lipinski definition) is 4. The topological polar surface area (TPSA) is 39.7 Å². The van der Waals surface area contributed by atoms with Gasteiger partial charge in [-0.15, -0.1) is 5.53 Å². The van der Waals surface area contributed by atoms with Crippen LogP contribution in [0.2, 0.25) is 0 Å². The first kappa shape index (κ1) is 15.3. The molecule has 0 unspecified atom stereocenters. The van der Waals surface area contributed by atoms with Crippen molar-refractivity contribution in [3.05, 3.63) is 0 Å². The number of unbranched alkanes of at least 4 members (excludes halogenated alkanes) is 10. The van der Waals surface area contributed by atoms with Crippen molar-refractivity contribution < 1.29 is 0 Å². The Kier molecular flexibility index (Phi) is 9.62. The van der Waals surface area contributed by atoms with Crippen LogP contribution in [0.25, 0.3) is 0 Å². The summed E-state index contributed by atoms with van der Waals surface area (Å²) >= 11 is 0. The van der Waals surface area contributed by atoms with E-state index in [4.69, 9.17) is 0 Å². The zero-order valence-corrected chi connectivity index (χ0v) is 12.0. The summed E-state index contributed by atoms with van der Waals surface area (Å²) in [6.45, 7) is 3.33. The second-order valence-corrected chi connectivity index (χ2v) is 5.20. The van der Waals surface area contributed by atoms with E-state index in [-0.39, 0.29) is 0 Å². The number of nitrogens with zero attached hydrogens (tertiary/aromatic N) is 2. The molecule has 4 nitrogen and oxygen atoms in total. The predicted octanol–water partition coefficient (Wildman–Crippen LogP) is 3.57. The molecule has 18 heavy (non-hydrogen) atoms. The van der Waals surface area contributed by atoms with Crippen molar-refractivity contribution in [1.82, 2.24) is 16.1 Å². The van der Waals surface area contributed by atoms with Crippen LogP contribution in [0.4, 0.5) is 0 Å². The van der Waals surface area contributed by atoms with Crippen molar-refractivity contribution in [2.75, 3.05) is 6.54 Å².